The van der Waals surface area contributed by atoms with E-state index in [1.807, 2.05) is 12.1 Å². The van der Waals surface area contributed by atoms with Crippen LogP contribution in [0.1, 0.15) is 36.0 Å². The van der Waals surface area contributed by atoms with Crippen LogP contribution in [0, 0.1) is 0 Å². The molecule has 0 radical (unpaired) electrons. The SMILES string of the molecule is CCN(CC)[C@H](CNC(=O)c1ccc(OC)c(OC)c1OC)c1ccco1. The summed E-state index contributed by atoms with van der Waals surface area (Å²) in [5.41, 5.74) is 0.382. The van der Waals surface area contributed by atoms with E-state index in [9.17, 15) is 4.79 Å². The van der Waals surface area contributed by atoms with E-state index in [4.69, 9.17) is 18.6 Å². The van der Waals surface area contributed by atoms with Gasteiger partial charge in [-0.2, -0.15) is 0 Å². The molecule has 1 aromatic carbocycles. The number of furan rings is 1. The molecule has 1 heterocycles. The molecule has 27 heavy (non-hydrogen) atoms. The summed E-state index contributed by atoms with van der Waals surface area (Å²) in [5, 5.41) is 2.98. The lowest BCUT2D eigenvalue weighted by atomic mass is 10.1. The van der Waals surface area contributed by atoms with Crippen molar-refractivity contribution in [2.75, 3.05) is 41.0 Å². The minimum absolute atomic E-state index is 0.0508. The van der Waals surface area contributed by atoms with Gasteiger partial charge >= 0.3 is 0 Å². The third-order valence-corrected chi connectivity index (χ3v) is 4.53. The lowest BCUT2D eigenvalue weighted by Crippen LogP contribution is -2.38. The minimum atomic E-state index is -0.253. The molecule has 2 rings (SSSR count). The first-order valence-corrected chi connectivity index (χ1v) is 8.95. The fourth-order valence-corrected chi connectivity index (χ4v) is 3.12. The number of ether oxygens (including phenoxy) is 3. The number of likely N-dealkylation sites (N-methyl/N-ethyl adjacent to an activating group) is 1. The summed E-state index contributed by atoms with van der Waals surface area (Å²) >= 11 is 0. The van der Waals surface area contributed by atoms with Crippen LogP contribution >= 0.6 is 0 Å². The van der Waals surface area contributed by atoms with Crippen molar-refractivity contribution < 1.29 is 23.4 Å². The van der Waals surface area contributed by atoms with Gasteiger partial charge in [-0.25, -0.2) is 0 Å². The van der Waals surface area contributed by atoms with Gasteiger partial charge in [0.2, 0.25) is 5.75 Å². The summed E-state index contributed by atoms with van der Waals surface area (Å²) < 4.78 is 21.6. The normalized spacial score (nSPS) is 11.9. The van der Waals surface area contributed by atoms with Crippen molar-refractivity contribution in [1.29, 1.82) is 0 Å². The second-order valence-electron chi connectivity index (χ2n) is 5.84. The zero-order valence-corrected chi connectivity index (χ0v) is 16.6. The molecule has 0 saturated carbocycles. The van der Waals surface area contributed by atoms with Gasteiger partial charge in [-0.3, -0.25) is 9.69 Å². The van der Waals surface area contributed by atoms with Crippen molar-refractivity contribution in [3.63, 3.8) is 0 Å². The van der Waals surface area contributed by atoms with Crippen LogP contribution in [0.2, 0.25) is 0 Å². The molecule has 0 aliphatic heterocycles. The van der Waals surface area contributed by atoms with Crippen LogP contribution in [0.3, 0.4) is 0 Å². The predicted molar refractivity (Wildman–Crippen MR) is 103 cm³/mol. The van der Waals surface area contributed by atoms with E-state index < -0.39 is 0 Å². The summed E-state index contributed by atoms with van der Waals surface area (Å²) in [4.78, 5) is 15.1. The van der Waals surface area contributed by atoms with Crippen molar-refractivity contribution in [2.45, 2.75) is 19.9 Å². The highest BCUT2D eigenvalue weighted by Crippen LogP contribution is 2.39. The molecule has 7 heteroatoms. The van der Waals surface area contributed by atoms with Crippen LogP contribution in [0.15, 0.2) is 34.9 Å². The zero-order chi connectivity index (χ0) is 19.8. The van der Waals surface area contributed by atoms with Crippen molar-refractivity contribution >= 4 is 5.91 Å². The average Bonchev–Trinajstić information content (AvgIpc) is 3.23. The number of benzene rings is 1. The maximum Gasteiger partial charge on any atom is 0.255 e. The quantitative estimate of drug-likeness (QED) is 0.687. The number of amides is 1. The van der Waals surface area contributed by atoms with Gasteiger partial charge in [-0.1, -0.05) is 13.8 Å². The van der Waals surface area contributed by atoms with Crippen LogP contribution in [0.4, 0.5) is 0 Å². The Hall–Kier alpha value is -2.67. The molecule has 0 spiro atoms. The Morgan fingerprint density at radius 2 is 1.78 bits per heavy atom. The van der Waals surface area contributed by atoms with Gasteiger partial charge in [-0.15, -0.1) is 0 Å². The van der Waals surface area contributed by atoms with Crippen LogP contribution in [0.25, 0.3) is 0 Å². The molecular weight excluding hydrogens is 348 g/mol. The van der Waals surface area contributed by atoms with Gasteiger partial charge in [0, 0.05) is 6.54 Å². The van der Waals surface area contributed by atoms with Crippen molar-refractivity contribution in [1.82, 2.24) is 10.2 Å². The Balaban J connectivity index is 2.23. The molecule has 0 fully saturated rings. The fourth-order valence-electron chi connectivity index (χ4n) is 3.12. The maximum atomic E-state index is 12.8. The monoisotopic (exact) mass is 376 g/mol. The lowest BCUT2D eigenvalue weighted by molar-refractivity contribution is 0.0926. The summed E-state index contributed by atoms with van der Waals surface area (Å²) in [5.74, 6) is 1.79. The van der Waals surface area contributed by atoms with Gasteiger partial charge in [0.25, 0.3) is 5.91 Å². The third kappa shape index (κ3) is 4.54. The number of hydrogen-bond donors (Lipinski definition) is 1. The lowest BCUT2D eigenvalue weighted by Gasteiger charge is -2.28. The molecule has 0 aliphatic carbocycles. The van der Waals surface area contributed by atoms with E-state index in [1.165, 1.54) is 21.3 Å². The van der Waals surface area contributed by atoms with Crippen molar-refractivity contribution in [3.05, 3.63) is 41.9 Å². The molecule has 0 bridgehead atoms. The fraction of sp³-hybridized carbons (Fsp3) is 0.450. The van der Waals surface area contributed by atoms with Gasteiger partial charge in [0.15, 0.2) is 11.5 Å². The Bertz CT molecular complexity index is 726. The maximum absolute atomic E-state index is 12.8. The molecule has 1 amide bonds. The predicted octanol–water partition coefficient (Wildman–Crippen LogP) is 3.12. The number of rotatable bonds is 10. The summed E-state index contributed by atoms with van der Waals surface area (Å²) in [6, 6.07) is 7.07. The van der Waals surface area contributed by atoms with Crippen LogP contribution in [-0.4, -0.2) is 51.8 Å². The molecule has 1 N–H and O–H groups in total. The highest BCUT2D eigenvalue weighted by Gasteiger charge is 2.24. The van der Waals surface area contributed by atoms with E-state index in [0.29, 0.717) is 29.4 Å². The number of nitrogens with zero attached hydrogens (tertiary/aromatic N) is 1. The number of hydrogen-bond acceptors (Lipinski definition) is 6. The third-order valence-electron chi connectivity index (χ3n) is 4.53. The highest BCUT2D eigenvalue weighted by molar-refractivity contribution is 5.98. The number of methoxy groups -OCH3 is 3. The van der Waals surface area contributed by atoms with Crippen LogP contribution in [-0.2, 0) is 0 Å². The molecule has 1 aromatic heterocycles. The van der Waals surface area contributed by atoms with Crippen LogP contribution < -0.4 is 19.5 Å². The Labute approximate surface area is 160 Å². The molecule has 0 saturated heterocycles. The molecule has 1 atom stereocenters. The Morgan fingerprint density at radius 1 is 1.07 bits per heavy atom. The van der Waals surface area contributed by atoms with Gasteiger partial charge in [-0.05, 0) is 37.4 Å². The Morgan fingerprint density at radius 3 is 2.30 bits per heavy atom. The number of nitrogens with one attached hydrogen (secondary N) is 1. The molecule has 148 valence electrons. The van der Waals surface area contributed by atoms with Gasteiger partial charge in [0.1, 0.15) is 5.76 Å². The van der Waals surface area contributed by atoms with E-state index in [-0.39, 0.29) is 11.9 Å². The number of carbonyl (C=O) groups is 1. The minimum Gasteiger partial charge on any atom is -0.493 e. The van der Waals surface area contributed by atoms with E-state index in [2.05, 4.69) is 24.1 Å². The largest absolute Gasteiger partial charge is 0.493 e. The van der Waals surface area contributed by atoms with E-state index >= 15 is 0 Å². The van der Waals surface area contributed by atoms with E-state index in [1.54, 1.807) is 18.4 Å². The molecular formula is C20H28N2O5. The summed E-state index contributed by atoms with van der Waals surface area (Å²) in [6.07, 6.45) is 1.64. The second kappa shape index (κ2) is 9.87. The Kier molecular flexibility index (Phi) is 7.55. The first-order valence-electron chi connectivity index (χ1n) is 8.95. The van der Waals surface area contributed by atoms with Gasteiger partial charge in [0.05, 0.1) is 39.2 Å². The zero-order valence-electron chi connectivity index (χ0n) is 16.6. The topological polar surface area (TPSA) is 73.2 Å². The molecule has 0 unspecified atom stereocenters. The summed E-state index contributed by atoms with van der Waals surface area (Å²) in [7, 11) is 4.54. The standard InChI is InChI=1S/C20H28N2O5/c1-6-22(7-2)15(16-9-8-12-27-16)13-21-20(23)14-10-11-17(24-3)19(26-5)18(14)25-4/h8-12,15H,6-7,13H2,1-5H3,(H,21,23)/t15-/m1/s1. The highest BCUT2D eigenvalue weighted by atomic mass is 16.5. The van der Waals surface area contributed by atoms with Crippen LogP contribution in [0.5, 0.6) is 17.2 Å². The summed E-state index contributed by atoms with van der Waals surface area (Å²) in [6.45, 7) is 6.26. The van der Waals surface area contributed by atoms with Crippen molar-refractivity contribution in [2.24, 2.45) is 0 Å². The molecule has 7 nitrogen and oxygen atoms in total. The second-order valence-corrected chi connectivity index (χ2v) is 5.84. The molecule has 0 aliphatic rings. The molecule has 2 aromatic rings. The number of carbonyl (C=O) groups excluding carboxylic acids is 1. The van der Waals surface area contributed by atoms with E-state index in [0.717, 1.165) is 18.8 Å². The van der Waals surface area contributed by atoms with Crippen molar-refractivity contribution in [3.8, 4) is 17.2 Å². The van der Waals surface area contributed by atoms with Gasteiger partial charge < -0.3 is 23.9 Å². The average molecular weight is 376 g/mol. The smallest absolute Gasteiger partial charge is 0.255 e. The first kappa shape index (κ1) is 20.6. The first-order chi connectivity index (χ1) is 13.1.